The van der Waals surface area contributed by atoms with Crippen LogP contribution in [-0.4, -0.2) is 45.1 Å². The minimum atomic E-state index is -4.00. The van der Waals surface area contributed by atoms with E-state index < -0.39 is 46.6 Å². The largest absolute Gasteiger partial charge is 0.297 e. The van der Waals surface area contributed by atoms with Gasteiger partial charge in [-0.25, -0.2) is 0 Å². The first-order valence-corrected chi connectivity index (χ1v) is 21.1. The van der Waals surface area contributed by atoms with Crippen molar-refractivity contribution in [2.45, 2.75) is 74.0 Å². The smallest absolute Gasteiger partial charge is 0.253 e. The van der Waals surface area contributed by atoms with Crippen molar-refractivity contribution in [3.05, 3.63) is 89.5 Å². The van der Waals surface area contributed by atoms with Gasteiger partial charge in [-0.2, -0.15) is 25.3 Å². The van der Waals surface area contributed by atoms with Crippen LogP contribution in [0, 0.1) is 78.5 Å². The fourth-order valence-corrected chi connectivity index (χ4v) is 10.6. The molecule has 0 N–H and O–H groups in total. The van der Waals surface area contributed by atoms with Gasteiger partial charge in [0.25, 0.3) is 30.4 Å². The molecule has 272 valence electrons. The molecule has 0 unspecified atom stereocenters. The fraction of sp³-hybridized carbons (Fsp3) is 0.400. The van der Waals surface area contributed by atoms with Crippen molar-refractivity contribution >= 4 is 30.4 Å². The van der Waals surface area contributed by atoms with Crippen LogP contribution in [0.5, 0.6) is 0 Å². The Bertz CT molecular complexity index is 2070. The van der Waals surface area contributed by atoms with Crippen LogP contribution in [0.25, 0.3) is 0 Å². The summed E-state index contributed by atoms with van der Waals surface area (Å²) < 4.78 is 92.5. The third-order valence-corrected chi connectivity index (χ3v) is 13.7. The van der Waals surface area contributed by atoms with Crippen LogP contribution in [0.3, 0.4) is 0 Å². The van der Waals surface area contributed by atoms with Gasteiger partial charge in [-0.3, -0.25) is 12.5 Å². The van der Waals surface area contributed by atoms with Crippen molar-refractivity contribution in [1.29, 1.82) is 0 Å². The van der Waals surface area contributed by atoms with E-state index in [1.54, 1.807) is 36.4 Å². The van der Waals surface area contributed by atoms with Gasteiger partial charge in [-0.1, -0.05) is 88.6 Å². The highest BCUT2D eigenvalue weighted by Gasteiger charge is 2.62. The van der Waals surface area contributed by atoms with E-state index in [1.807, 2.05) is 20.8 Å². The number of benzene rings is 3. The SMILES string of the molecule is Cc1ccc(S(=O)(=O)OCC#CC23CC4CC(C#CCOS(=O)(=O)c5ccc(C)cc5)(C2)CC(C#CCOS(=O)(=O)c2ccc(C)cc2)(C4)C3)cc1. The lowest BCUT2D eigenvalue weighted by molar-refractivity contribution is -0.0839. The Morgan fingerprint density at radius 1 is 0.481 bits per heavy atom. The molecule has 7 rings (SSSR count). The van der Waals surface area contributed by atoms with Crippen molar-refractivity contribution in [3.63, 3.8) is 0 Å². The summed E-state index contributed by atoms with van der Waals surface area (Å²) in [5.74, 6) is 19.2. The van der Waals surface area contributed by atoms with Crippen LogP contribution in [0.4, 0.5) is 0 Å². The van der Waals surface area contributed by atoms with E-state index in [0.29, 0.717) is 19.3 Å². The van der Waals surface area contributed by atoms with E-state index in [0.717, 1.165) is 36.0 Å². The average Bonchev–Trinajstić information content (AvgIpc) is 3.07. The molecule has 0 radical (unpaired) electrons. The van der Waals surface area contributed by atoms with Gasteiger partial charge in [0.15, 0.2) is 0 Å². The lowest BCUT2D eigenvalue weighted by atomic mass is 9.40. The molecule has 4 fully saturated rings. The van der Waals surface area contributed by atoms with E-state index in [1.165, 1.54) is 36.4 Å². The van der Waals surface area contributed by atoms with Crippen molar-refractivity contribution in [2.24, 2.45) is 22.2 Å². The summed E-state index contributed by atoms with van der Waals surface area (Å²) in [6.07, 6.45) is 4.09. The topological polar surface area (TPSA) is 130 Å². The van der Waals surface area contributed by atoms with Gasteiger partial charge in [0, 0.05) is 16.2 Å². The Hall–Kier alpha value is -3.93. The van der Waals surface area contributed by atoms with E-state index in [-0.39, 0.29) is 40.4 Å². The zero-order chi connectivity index (χ0) is 37.3. The highest BCUT2D eigenvalue weighted by molar-refractivity contribution is 7.87. The maximum Gasteiger partial charge on any atom is 0.297 e. The molecule has 9 nitrogen and oxygen atoms in total. The van der Waals surface area contributed by atoms with E-state index >= 15 is 0 Å². The molecule has 4 aliphatic carbocycles. The standard InChI is InChI=1S/C40H40O9S3/c1-31-7-13-35(14-8-31)50(41,42)47-22-4-19-38-25-34-26-39(28-38,20-5-23-48-51(43,44)36-15-9-32(2)10-16-36)30-40(27-34,29-38)21-6-24-49-52(45,46)37-17-11-33(3)12-18-37/h7-18,34H,22-30H2,1-3H3. The molecule has 4 saturated carbocycles. The molecular formula is C40H40O9S3. The Labute approximate surface area is 307 Å². The minimum Gasteiger partial charge on any atom is -0.253 e. The molecule has 0 amide bonds. The second-order valence-electron chi connectivity index (χ2n) is 14.3. The molecule has 4 bridgehead atoms. The van der Waals surface area contributed by atoms with Gasteiger partial charge >= 0.3 is 0 Å². The molecule has 3 aromatic rings. The maximum atomic E-state index is 12.8. The normalized spacial score (nSPS) is 24.9. The van der Waals surface area contributed by atoms with Gasteiger partial charge < -0.3 is 0 Å². The summed E-state index contributed by atoms with van der Waals surface area (Å²) in [5.41, 5.74) is 1.12. The summed E-state index contributed by atoms with van der Waals surface area (Å²) in [4.78, 5) is 0.157. The van der Waals surface area contributed by atoms with Gasteiger partial charge in [-0.15, -0.1) is 0 Å². The highest BCUT2D eigenvalue weighted by Crippen LogP contribution is 2.69. The molecule has 3 aromatic carbocycles. The van der Waals surface area contributed by atoms with Crippen LogP contribution >= 0.6 is 0 Å². The number of hydrogen-bond donors (Lipinski definition) is 0. The van der Waals surface area contributed by atoms with Crippen molar-refractivity contribution in [1.82, 2.24) is 0 Å². The van der Waals surface area contributed by atoms with E-state index in [9.17, 15) is 25.3 Å². The lowest BCUT2D eigenvalue weighted by Crippen LogP contribution is -2.55. The Kier molecular flexibility index (Phi) is 10.5. The van der Waals surface area contributed by atoms with E-state index in [2.05, 4.69) is 35.5 Å². The molecule has 12 heteroatoms. The molecule has 0 saturated heterocycles. The molecule has 0 aliphatic heterocycles. The molecule has 0 atom stereocenters. The van der Waals surface area contributed by atoms with Gasteiger partial charge in [0.2, 0.25) is 0 Å². The van der Waals surface area contributed by atoms with E-state index in [4.69, 9.17) is 12.5 Å². The lowest BCUT2D eigenvalue weighted by Gasteiger charge is -2.62. The summed E-state index contributed by atoms with van der Waals surface area (Å²) in [6.45, 7) is 4.62. The Balaban J connectivity index is 1.22. The van der Waals surface area contributed by atoms with Crippen LogP contribution in [-0.2, 0) is 42.9 Å². The van der Waals surface area contributed by atoms with Gasteiger partial charge in [0.1, 0.15) is 19.8 Å². The second-order valence-corrected chi connectivity index (χ2v) is 19.2. The van der Waals surface area contributed by atoms with Crippen LogP contribution in [0.2, 0.25) is 0 Å². The molecule has 0 heterocycles. The first-order valence-electron chi connectivity index (χ1n) is 16.9. The van der Waals surface area contributed by atoms with Crippen LogP contribution in [0.15, 0.2) is 87.5 Å². The minimum absolute atomic E-state index is 0.0522. The van der Waals surface area contributed by atoms with Crippen molar-refractivity contribution < 1.29 is 37.8 Å². The predicted octanol–water partition coefficient (Wildman–Crippen LogP) is 6.10. The number of hydrogen-bond acceptors (Lipinski definition) is 9. The zero-order valence-electron chi connectivity index (χ0n) is 29.3. The Morgan fingerprint density at radius 3 is 0.981 bits per heavy atom. The zero-order valence-corrected chi connectivity index (χ0v) is 31.7. The average molecular weight is 761 g/mol. The Morgan fingerprint density at radius 2 is 0.731 bits per heavy atom. The summed E-state index contributed by atoms with van der Waals surface area (Å²) in [6, 6.07) is 19.2. The third-order valence-electron chi connectivity index (χ3n) is 9.92. The first-order chi connectivity index (χ1) is 24.5. The molecule has 0 aromatic heterocycles. The quantitative estimate of drug-likeness (QED) is 0.188. The molecule has 0 spiro atoms. The van der Waals surface area contributed by atoms with Crippen molar-refractivity contribution in [3.8, 4) is 35.5 Å². The van der Waals surface area contributed by atoms with Crippen LogP contribution < -0.4 is 0 Å². The maximum absolute atomic E-state index is 12.8. The summed E-state index contributed by atoms with van der Waals surface area (Å²) in [7, 11) is -12.0. The number of rotatable bonds is 9. The summed E-state index contributed by atoms with van der Waals surface area (Å²) in [5, 5.41) is 0. The number of aryl methyl sites for hydroxylation is 3. The molecule has 52 heavy (non-hydrogen) atoms. The fourth-order valence-electron chi connectivity index (χ4n) is 8.17. The second kappa shape index (κ2) is 14.5. The first kappa shape index (κ1) is 37.8. The summed E-state index contributed by atoms with van der Waals surface area (Å²) >= 11 is 0. The van der Waals surface area contributed by atoms with Gasteiger partial charge in [-0.05, 0) is 102 Å². The molecule has 4 aliphatic rings. The molecular weight excluding hydrogens is 721 g/mol. The van der Waals surface area contributed by atoms with Gasteiger partial charge in [0.05, 0.1) is 14.7 Å². The third kappa shape index (κ3) is 8.64. The highest BCUT2D eigenvalue weighted by atomic mass is 32.2. The predicted molar refractivity (Wildman–Crippen MR) is 195 cm³/mol. The monoisotopic (exact) mass is 760 g/mol. The van der Waals surface area contributed by atoms with Crippen LogP contribution in [0.1, 0.15) is 55.2 Å². The van der Waals surface area contributed by atoms with Crippen molar-refractivity contribution in [2.75, 3.05) is 19.8 Å².